The van der Waals surface area contributed by atoms with Gasteiger partial charge >= 0.3 is 0 Å². The summed E-state index contributed by atoms with van der Waals surface area (Å²) in [5, 5.41) is 10.0. The first-order chi connectivity index (χ1) is 26.3. The Morgan fingerprint density at radius 1 is 0.245 bits per heavy atom. The molecule has 10 aromatic carbocycles. The Morgan fingerprint density at radius 3 is 1.28 bits per heavy atom. The maximum absolute atomic E-state index is 2.45. The van der Waals surface area contributed by atoms with Crippen LogP contribution < -0.4 is 4.90 Å². The molecule has 1 nitrogen and oxygen atoms in total. The molecule has 10 rings (SSSR count). The van der Waals surface area contributed by atoms with E-state index in [1.165, 1.54) is 76.5 Å². The second-order valence-corrected chi connectivity index (χ2v) is 13.7. The van der Waals surface area contributed by atoms with E-state index in [0.29, 0.717) is 0 Å². The molecule has 0 N–H and O–H groups in total. The lowest BCUT2D eigenvalue weighted by molar-refractivity contribution is 1.30. The van der Waals surface area contributed by atoms with E-state index in [-0.39, 0.29) is 0 Å². The minimum Gasteiger partial charge on any atom is -0.310 e. The van der Waals surface area contributed by atoms with Gasteiger partial charge in [-0.05, 0) is 114 Å². The normalized spacial score (nSPS) is 11.4. The van der Waals surface area contributed by atoms with E-state index in [2.05, 4.69) is 217 Å². The van der Waals surface area contributed by atoms with E-state index in [1.54, 1.807) is 0 Å². The molecule has 0 unspecified atom stereocenters. The average molecular weight is 674 g/mol. The van der Waals surface area contributed by atoms with E-state index >= 15 is 0 Å². The highest BCUT2D eigenvalue weighted by Gasteiger charge is 2.20. The Balaban J connectivity index is 1.22. The largest absolute Gasteiger partial charge is 0.310 e. The second-order valence-electron chi connectivity index (χ2n) is 13.7. The number of fused-ring (bicyclic) bond motifs is 6. The molecule has 10 aromatic rings. The molecule has 0 radical (unpaired) electrons. The molecule has 0 spiro atoms. The zero-order chi connectivity index (χ0) is 35.1. The van der Waals surface area contributed by atoms with Crippen LogP contribution in [0.4, 0.5) is 17.1 Å². The van der Waals surface area contributed by atoms with Gasteiger partial charge in [0, 0.05) is 16.8 Å². The Morgan fingerprint density at radius 2 is 0.698 bits per heavy atom. The Hall–Kier alpha value is -6.96. The minimum atomic E-state index is 1.10. The second kappa shape index (κ2) is 13.0. The molecule has 0 aliphatic heterocycles. The number of hydrogen-bond acceptors (Lipinski definition) is 1. The number of anilines is 3. The molecule has 0 heterocycles. The van der Waals surface area contributed by atoms with Gasteiger partial charge in [0.25, 0.3) is 0 Å². The summed E-state index contributed by atoms with van der Waals surface area (Å²) in [6.07, 6.45) is 0. The van der Waals surface area contributed by atoms with Crippen LogP contribution in [0.2, 0.25) is 0 Å². The molecular formula is C52H35N. The van der Waals surface area contributed by atoms with Crippen molar-refractivity contribution >= 4 is 60.2 Å². The van der Waals surface area contributed by atoms with Gasteiger partial charge < -0.3 is 4.90 Å². The smallest absolute Gasteiger partial charge is 0.0546 e. The van der Waals surface area contributed by atoms with Gasteiger partial charge in [0.2, 0.25) is 0 Å². The van der Waals surface area contributed by atoms with Crippen molar-refractivity contribution in [3.63, 3.8) is 0 Å². The number of rotatable bonds is 6. The highest BCUT2D eigenvalue weighted by molar-refractivity contribution is 6.15. The van der Waals surface area contributed by atoms with Crippen LogP contribution in [0.5, 0.6) is 0 Å². The highest BCUT2D eigenvalue weighted by atomic mass is 15.1. The summed E-state index contributed by atoms with van der Waals surface area (Å²) >= 11 is 0. The van der Waals surface area contributed by atoms with Crippen LogP contribution in [0.25, 0.3) is 76.5 Å². The summed E-state index contributed by atoms with van der Waals surface area (Å²) in [6, 6.07) is 77.4. The molecule has 0 aliphatic carbocycles. The molecule has 0 saturated carbocycles. The van der Waals surface area contributed by atoms with Crippen LogP contribution in [-0.4, -0.2) is 0 Å². The molecular weight excluding hydrogens is 639 g/mol. The van der Waals surface area contributed by atoms with Crippen molar-refractivity contribution in [2.24, 2.45) is 0 Å². The van der Waals surface area contributed by atoms with Crippen molar-refractivity contribution in [1.29, 1.82) is 0 Å². The highest BCUT2D eigenvalue weighted by Crippen LogP contribution is 2.45. The molecule has 0 bridgehead atoms. The first-order valence-electron chi connectivity index (χ1n) is 18.3. The van der Waals surface area contributed by atoms with E-state index in [1.807, 2.05) is 0 Å². The third-order valence-electron chi connectivity index (χ3n) is 10.6. The first-order valence-corrected chi connectivity index (χ1v) is 18.3. The Labute approximate surface area is 309 Å². The molecule has 0 fully saturated rings. The van der Waals surface area contributed by atoms with Gasteiger partial charge in [-0.2, -0.15) is 0 Å². The standard InChI is InChI=1S/C52H35N/c1-3-15-36(16-4-1)41-31-42(37-17-5-2-6-18-37)33-44(32-41)53(52-35-40-20-8-10-22-46(40)48-24-13-14-26-50(48)52)43-29-27-38(28-30-43)51-34-39-19-7-9-21-45(39)47-23-11-12-25-49(47)51/h1-35H. The predicted molar refractivity (Wildman–Crippen MR) is 227 cm³/mol. The monoisotopic (exact) mass is 673 g/mol. The van der Waals surface area contributed by atoms with Gasteiger partial charge in [-0.25, -0.2) is 0 Å². The summed E-state index contributed by atoms with van der Waals surface area (Å²) in [6.45, 7) is 0. The Kier molecular flexibility index (Phi) is 7.55. The number of hydrogen-bond donors (Lipinski definition) is 0. The molecule has 1 heteroatoms. The maximum atomic E-state index is 2.45. The first kappa shape index (κ1) is 30.8. The van der Waals surface area contributed by atoms with Gasteiger partial charge in [0.1, 0.15) is 0 Å². The van der Waals surface area contributed by atoms with Crippen LogP contribution in [0.3, 0.4) is 0 Å². The fraction of sp³-hybridized carbons (Fsp3) is 0. The lowest BCUT2D eigenvalue weighted by Crippen LogP contribution is -2.11. The van der Waals surface area contributed by atoms with Gasteiger partial charge in [0.05, 0.1) is 5.69 Å². The van der Waals surface area contributed by atoms with Crippen LogP contribution >= 0.6 is 0 Å². The Bertz CT molecular complexity index is 2870. The summed E-state index contributed by atoms with van der Waals surface area (Å²) in [5.74, 6) is 0. The SMILES string of the molecule is c1ccc(-c2cc(-c3ccccc3)cc(N(c3ccc(-c4cc5ccccc5c5ccccc45)cc3)c3cc4ccccc4c4ccccc34)c2)cc1. The summed E-state index contributed by atoms with van der Waals surface area (Å²) in [4.78, 5) is 2.45. The molecule has 0 saturated heterocycles. The molecule has 248 valence electrons. The zero-order valence-corrected chi connectivity index (χ0v) is 29.2. The minimum absolute atomic E-state index is 1.10. The maximum Gasteiger partial charge on any atom is 0.0546 e. The van der Waals surface area contributed by atoms with E-state index in [0.717, 1.165) is 17.1 Å². The van der Waals surface area contributed by atoms with E-state index in [4.69, 9.17) is 0 Å². The van der Waals surface area contributed by atoms with Crippen LogP contribution in [0, 0.1) is 0 Å². The van der Waals surface area contributed by atoms with Crippen molar-refractivity contribution in [2.45, 2.75) is 0 Å². The molecule has 0 atom stereocenters. The van der Waals surface area contributed by atoms with Crippen molar-refractivity contribution < 1.29 is 0 Å². The fourth-order valence-electron chi connectivity index (χ4n) is 8.06. The molecule has 0 aromatic heterocycles. The van der Waals surface area contributed by atoms with Crippen LogP contribution in [0.1, 0.15) is 0 Å². The van der Waals surface area contributed by atoms with Gasteiger partial charge in [-0.1, -0.05) is 170 Å². The number of nitrogens with zero attached hydrogens (tertiary/aromatic N) is 1. The van der Waals surface area contributed by atoms with Crippen LogP contribution in [0.15, 0.2) is 212 Å². The molecule has 53 heavy (non-hydrogen) atoms. The predicted octanol–water partition coefficient (Wildman–Crippen LogP) is 14.8. The van der Waals surface area contributed by atoms with Crippen molar-refractivity contribution in [2.75, 3.05) is 4.90 Å². The topological polar surface area (TPSA) is 3.24 Å². The third-order valence-corrected chi connectivity index (χ3v) is 10.6. The molecule has 0 aliphatic rings. The lowest BCUT2D eigenvalue weighted by Gasteiger charge is -2.29. The van der Waals surface area contributed by atoms with E-state index in [9.17, 15) is 0 Å². The third kappa shape index (κ3) is 5.51. The van der Waals surface area contributed by atoms with Gasteiger partial charge in [-0.15, -0.1) is 0 Å². The van der Waals surface area contributed by atoms with E-state index < -0.39 is 0 Å². The molecule has 0 amide bonds. The average Bonchev–Trinajstić information content (AvgIpc) is 3.24. The quantitative estimate of drug-likeness (QED) is 0.159. The lowest BCUT2D eigenvalue weighted by atomic mass is 9.93. The van der Waals surface area contributed by atoms with Crippen molar-refractivity contribution in [1.82, 2.24) is 0 Å². The number of benzene rings is 10. The fourth-order valence-corrected chi connectivity index (χ4v) is 8.06. The van der Waals surface area contributed by atoms with Gasteiger partial charge in [0.15, 0.2) is 0 Å². The van der Waals surface area contributed by atoms with Crippen molar-refractivity contribution in [3.8, 4) is 33.4 Å². The summed E-state index contributed by atoms with van der Waals surface area (Å²) in [5.41, 5.74) is 10.5. The summed E-state index contributed by atoms with van der Waals surface area (Å²) in [7, 11) is 0. The summed E-state index contributed by atoms with van der Waals surface area (Å²) < 4.78 is 0. The van der Waals surface area contributed by atoms with Crippen molar-refractivity contribution in [3.05, 3.63) is 212 Å². The zero-order valence-electron chi connectivity index (χ0n) is 29.2. The van der Waals surface area contributed by atoms with Gasteiger partial charge in [-0.3, -0.25) is 0 Å². The van der Waals surface area contributed by atoms with Crippen LogP contribution in [-0.2, 0) is 0 Å².